The first kappa shape index (κ1) is 29.7. The van der Waals surface area contributed by atoms with Gasteiger partial charge in [0.15, 0.2) is 0 Å². The van der Waals surface area contributed by atoms with Crippen LogP contribution in [0.3, 0.4) is 0 Å². The van der Waals surface area contributed by atoms with Crippen molar-refractivity contribution in [2.45, 2.75) is 32.2 Å². The molecular weight excluding hydrogens is 633 g/mol. The van der Waals surface area contributed by atoms with Crippen molar-refractivity contribution in [2.24, 2.45) is 5.92 Å². The van der Waals surface area contributed by atoms with Crippen molar-refractivity contribution in [3.05, 3.63) is 163 Å². The first-order valence-corrected chi connectivity index (χ1v) is 18.4. The molecule has 7 aromatic carbocycles. The van der Waals surface area contributed by atoms with E-state index in [1.54, 1.807) is 0 Å². The average molecular weight is 670 g/mol. The van der Waals surface area contributed by atoms with Crippen LogP contribution in [-0.2, 0) is 5.41 Å². The summed E-state index contributed by atoms with van der Waals surface area (Å²) in [4.78, 5) is 2.50. The maximum atomic E-state index is 7.22. The van der Waals surface area contributed by atoms with Crippen LogP contribution in [0.15, 0.2) is 152 Å². The summed E-state index contributed by atoms with van der Waals surface area (Å²) in [5.74, 6) is 4.02. The first-order valence-electron chi connectivity index (χ1n) is 18.4. The molecule has 0 N–H and O–H groups in total. The molecule has 11 rings (SSSR count). The topological polar surface area (TPSA) is 21.7 Å². The summed E-state index contributed by atoms with van der Waals surface area (Å²) in [6.45, 7) is 6.99. The molecule has 2 aliphatic carbocycles. The molecule has 2 atom stereocenters. The van der Waals surface area contributed by atoms with Crippen LogP contribution in [0.5, 0.6) is 23.0 Å². The molecule has 0 fully saturated rings. The maximum absolute atomic E-state index is 7.22. The summed E-state index contributed by atoms with van der Waals surface area (Å²) >= 11 is 0. The van der Waals surface area contributed by atoms with Crippen LogP contribution in [0, 0.1) is 5.92 Å². The monoisotopic (exact) mass is 669 g/mol. The van der Waals surface area contributed by atoms with Crippen molar-refractivity contribution < 1.29 is 9.47 Å². The average Bonchev–Trinajstić information content (AvgIpc) is 3.40. The third-order valence-electron chi connectivity index (χ3n) is 12.0. The van der Waals surface area contributed by atoms with Gasteiger partial charge in [-0.15, -0.1) is 0 Å². The predicted molar refractivity (Wildman–Crippen MR) is 217 cm³/mol. The molecule has 52 heavy (non-hydrogen) atoms. The molecule has 4 aliphatic rings. The number of hydrogen-bond donors (Lipinski definition) is 0. The highest BCUT2D eigenvalue weighted by atomic mass is 16.5. The molecule has 0 bridgehead atoms. The number of benzene rings is 7. The molecule has 248 valence electrons. The molecule has 7 aromatic rings. The van der Waals surface area contributed by atoms with Crippen LogP contribution < -0.4 is 30.8 Å². The minimum atomic E-state index is -0.334. The lowest BCUT2D eigenvalue weighted by atomic mass is 9.33. The van der Waals surface area contributed by atoms with Crippen LogP contribution in [-0.4, -0.2) is 12.8 Å². The number of nitrogens with zero attached hydrogens (tertiary/aromatic N) is 1. The van der Waals surface area contributed by atoms with Crippen LogP contribution >= 0.6 is 0 Å². The van der Waals surface area contributed by atoms with E-state index in [-0.39, 0.29) is 18.2 Å². The molecule has 0 amide bonds. The number of allylic oxidation sites excluding steroid dienone is 2. The van der Waals surface area contributed by atoms with E-state index in [4.69, 9.17) is 9.47 Å². The summed E-state index contributed by atoms with van der Waals surface area (Å²) < 4.78 is 14.2. The minimum absolute atomic E-state index is 0.0451. The van der Waals surface area contributed by atoms with E-state index in [0.717, 1.165) is 28.5 Å². The van der Waals surface area contributed by atoms with Gasteiger partial charge in [-0.25, -0.2) is 0 Å². The number of rotatable bonds is 3. The second-order valence-electron chi connectivity index (χ2n) is 15.3. The largest absolute Gasteiger partial charge is 0.458 e. The second-order valence-corrected chi connectivity index (χ2v) is 15.3. The van der Waals surface area contributed by atoms with Gasteiger partial charge in [-0.1, -0.05) is 130 Å². The van der Waals surface area contributed by atoms with Gasteiger partial charge in [0, 0.05) is 27.8 Å². The zero-order valence-electron chi connectivity index (χ0n) is 29.4. The van der Waals surface area contributed by atoms with Crippen molar-refractivity contribution >= 4 is 56.0 Å². The summed E-state index contributed by atoms with van der Waals surface area (Å²) in [5.41, 5.74) is 10.6. The van der Waals surface area contributed by atoms with Crippen molar-refractivity contribution in [1.82, 2.24) is 0 Å². The number of ether oxygens (including phenoxy) is 2. The zero-order chi connectivity index (χ0) is 34.7. The number of fused-ring (bicyclic) bond motifs is 12. The predicted octanol–water partition coefficient (Wildman–Crippen LogP) is 10.3. The first-order chi connectivity index (χ1) is 25.5. The number of para-hydroxylation sites is 1. The van der Waals surface area contributed by atoms with Crippen LogP contribution in [0.1, 0.15) is 31.9 Å². The van der Waals surface area contributed by atoms with Crippen molar-refractivity contribution in [1.29, 1.82) is 0 Å². The Hall–Kier alpha value is -6.00. The van der Waals surface area contributed by atoms with E-state index in [1.807, 2.05) is 0 Å². The van der Waals surface area contributed by atoms with Gasteiger partial charge in [0.1, 0.15) is 23.0 Å². The van der Waals surface area contributed by atoms with Crippen LogP contribution in [0.25, 0.3) is 32.7 Å². The molecule has 4 heteroatoms. The van der Waals surface area contributed by atoms with E-state index in [9.17, 15) is 0 Å². The molecule has 0 saturated carbocycles. The van der Waals surface area contributed by atoms with Gasteiger partial charge >= 0.3 is 0 Å². The smallest absolute Gasteiger partial charge is 0.262 e. The normalized spacial score (nSPS) is 18.2. The number of hydrogen-bond acceptors (Lipinski definition) is 3. The van der Waals surface area contributed by atoms with Gasteiger partial charge in [-0.2, -0.15) is 0 Å². The molecule has 0 spiro atoms. The molecule has 2 aliphatic heterocycles. The Labute approximate surface area is 304 Å². The minimum Gasteiger partial charge on any atom is -0.458 e. The van der Waals surface area contributed by atoms with Gasteiger partial charge in [-0.3, -0.25) is 0 Å². The molecule has 0 aromatic heterocycles. The molecule has 3 nitrogen and oxygen atoms in total. The van der Waals surface area contributed by atoms with E-state index in [1.165, 1.54) is 66.1 Å². The molecule has 0 radical (unpaired) electrons. The highest BCUT2D eigenvalue weighted by Crippen LogP contribution is 2.56. The SMILES string of the molecule is CC1C=CC=CC1N(c1ccccc1)c1ccc2c(c1)C(C)(C)c1c-2cc2c3c1Oc1ccc4ccccc4c1B3c1c(ccc3ccccc13)O2. The van der Waals surface area contributed by atoms with Crippen LogP contribution in [0.4, 0.5) is 11.4 Å². The fourth-order valence-electron chi connectivity index (χ4n) is 9.61. The zero-order valence-corrected chi connectivity index (χ0v) is 29.4. The molecule has 2 heterocycles. The van der Waals surface area contributed by atoms with E-state index < -0.39 is 0 Å². The van der Waals surface area contributed by atoms with E-state index in [0.29, 0.717) is 5.92 Å². The van der Waals surface area contributed by atoms with Gasteiger partial charge < -0.3 is 14.4 Å². The molecule has 2 unspecified atom stereocenters. The Bertz CT molecular complexity index is 2660. The summed E-state index contributed by atoms with van der Waals surface area (Å²) in [6.07, 6.45) is 8.98. The van der Waals surface area contributed by atoms with Gasteiger partial charge in [-0.05, 0) is 97.5 Å². The lowest BCUT2D eigenvalue weighted by molar-refractivity contribution is 0.454. The summed E-state index contributed by atoms with van der Waals surface area (Å²) in [5, 5.41) is 4.86. The lowest BCUT2D eigenvalue weighted by Gasteiger charge is -2.37. The standard InChI is InChI=1S/C48H36BNO2/c1-29-13-7-12-20-39(29)50(32-16-5-4-6-17-32)33-23-24-36-37-28-42-46-47(43(37)48(2,3)38(36)27-33)52-41-26-22-31-15-9-11-19-35(31)45(41)49(46)44-34-18-10-8-14-30(34)21-25-40(44)51-42/h4-29,39H,1-3H3. The summed E-state index contributed by atoms with van der Waals surface area (Å²) in [7, 11) is 0. The van der Waals surface area contributed by atoms with Gasteiger partial charge in [0.2, 0.25) is 0 Å². The van der Waals surface area contributed by atoms with Crippen molar-refractivity contribution in [3.8, 4) is 34.1 Å². The Kier molecular flexibility index (Phi) is 6.15. The quantitative estimate of drug-likeness (QED) is 0.175. The Balaban J connectivity index is 1.15. The van der Waals surface area contributed by atoms with Gasteiger partial charge in [0.25, 0.3) is 6.71 Å². The van der Waals surface area contributed by atoms with Gasteiger partial charge in [0.05, 0.1) is 6.04 Å². The molecule has 0 saturated heterocycles. The van der Waals surface area contributed by atoms with E-state index in [2.05, 4.69) is 177 Å². The third kappa shape index (κ3) is 4.04. The van der Waals surface area contributed by atoms with Crippen molar-refractivity contribution in [2.75, 3.05) is 4.90 Å². The Morgan fingerprint density at radius 3 is 1.94 bits per heavy atom. The number of anilines is 2. The van der Waals surface area contributed by atoms with Crippen molar-refractivity contribution in [3.63, 3.8) is 0 Å². The summed E-state index contributed by atoms with van der Waals surface area (Å²) in [6, 6.07) is 46.5. The third-order valence-corrected chi connectivity index (χ3v) is 12.0. The Morgan fingerprint density at radius 1 is 0.577 bits per heavy atom. The van der Waals surface area contributed by atoms with Crippen LogP contribution in [0.2, 0.25) is 0 Å². The second kappa shape index (κ2) is 10.8. The lowest BCUT2D eigenvalue weighted by Crippen LogP contribution is -2.58. The fraction of sp³-hybridized carbons (Fsp3) is 0.125. The maximum Gasteiger partial charge on any atom is 0.262 e. The Morgan fingerprint density at radius 2 is 1.23 bits per heavy atom. The fourth-order valence-corrected chi connectivity index (χ4v) is 9.61. The highest BCUT2D eigenvalue weighted by Gasteiger charge is 2.48. The highest BCUT2D eigenvalue weighted by molar-refractivity contribution is 7.01. The molecular formula is C48H36BNO2. The van der Waals surface area contributed by atoms with E-state index >= 15 is 0 Å².